The summed E-state index contributed by atoms with van der Waals surface area (Å²) in [6.45, 7) is 6.80. The molecule has 0 unspecified atom stereocenters. The first-order chi connectivity index (χ1) is 16.8. The van der Waals surface area contributed by atoms with E-state index < -0.39 is 45.2 Å². The van der Waals surface area contributed by atoms with Crippen LogP contribution in [0.1, 0.15) is 45.6 Å². The zero-order valence-electron chi connectivity index (χ0n) is 21.3. The highest BCUT2D eigenvalue weighted by Crippen LogP contribution is 2.27. The molecule has 0 saturated carbocycles. The van der Waals surface area contributed by atoms with Gasteiger partial charge in [-0.05, 0) is 32.8 Å². The first kappa shape index (κ1) is 30.7. The van der Waals surface area contributed by atoms with Gasteiger partial charge in [0.1, 0.15) is 6.61 Å². The fourth-order valence-electron chi connectivity index (χ4n) is 3.39. The minimum absolute atomic E-state index is 0.0103. The molecule has 0 heterocycles. The molecule has 0 saturated heterocycles. The monoisotopic (exact) mass is 514 g/mol. The summed E-state index contributed by atoms with van der Waals surface area (Å²) < 4.78 is 38.4. The summed E-state index contributed by atoms with van der Waals surface area (Å²) in [4.78, 5) is 37.6. The Balaban J connectivity index is 3.05. The molecule has 0 radical (unpaired) electrons. The number of hydrogen-bond donors (Lipinski definition) is 0. The van der Waals surface area contributed by atoms with Gasteiger partial charge in [-0.15, -0.1) is 0 Å². The number of benzene rings is 1. The Labute approximate surface area is 208 Å². The molecular weight excluding hydrogens is 476 g/mol. The molecule has 0 aliphatic heterocycles. The maximum absolute atomic E-state index is 13.2. The van der Waals surface area contributed by atoms with Crippen LogP contribution in [0.15, 0.2) is 30.3 Å². The second-order valence-electron chi connectivity index (χ2n) is 7.50. The van der Waals surface area contributed by atoms with Gasteiger partial charge in [-0.2, -0.15) is 0 Å². The fraction of sp³-hybridized carbons (Fsp3) is 0.625. The summed E-state index contributed by atoms with van der Waals surface area (Å²) in [5.41, 5.74) is -1.17. The summed E-state index contributed by atoms with van der Waals surface area (Å²) in [6.07, 6.45) is -0.642. The van der Waals surface area contributed by atoms with Crippen molar-refractivity contribution in [2.24, 2.45) is 0 Å². The van der Waals surface area contributed by atoms with Crippen LogP contribution >= 0.6 is 0 Å². The topological polar surface area (TPSA) is 116 Å². The van der Waals surface area contributed by atoms with Crippen LogP contribution in [0.4, 0.5) is 0 Å². The van der Waals surface area contributed by atoms with E-state index in [0.29, 0.717) is 32.3 Å². The third-order valence-electron chi connectivity index (χ3n) is 5.00. The average molecular weight is 515 g/mol. The van der Waals surface area contributed by atoms with E-state index in [-0.39, 0.29) is 13.2 Å². The van der Waals surface area contributed by atoms with Gasteiger partial charge in [0, 0.05) is 32.5 Å². The molecule has 0 aliphatic rings. The fourth-order valence-corrected chi connectivity index (χ4v) is 5.97. The third kappa shape index (κ3) is 10.5. The number of esters is 3. The highest BCUT2D eigenvalue weighted by atomic mass is 28.4. The Hall–Kier alpha value is -2.31. The molecule has 1 aromatic rings. The van der Waals surface area contributed by atoms with Gasteiger partial charge in [-0.25, -0.2) is 4.79 Å². The van der Waals surface area contributed by atoms with Crippen molar-refractivity contribution in [1.82, 2.24) is 0 Å². The highest BCUT2D eigenvalue weighted by molar-refractivity contribution is 6.60. The van der Waals surface area contributed by atoms with Crippen molar-refractivity contribution in [3.05, 3.63) is 35.9 Å². The molecule has 1 aromatic carbocycles. The molecule has 0 spiro atoms. The minimum atomic E-state index is -2.94. The Morgan fingerprint density at radius 1 is 0.829 bits per heavy atom. The maximum atomic E-state index is 13.2. The molecule has 0 amide bonds. The smallest absolute Gasteiger partial charge is 0.469 e. The van der Waals surface area contributed by atoms with E-state index in [1.165, 1.54) is 14.2 Å². The number of rotatable bonds is 18. The lowest BCUT2D eigenvalue weighted by Crippen LogP contribution is -2.48. The molecule has 0 fully saturated rings. The van der Waals surface area contributed by atoms with Crippen molar-refractivity contribution in [1.29, 1.82) is 0 Å². The molecular formula is C24H38O10Si. The number of ether oxygens (including phenoxy) is 4. The molecule has 0 atom stereocenters. The Kier molecular flexibility index (Phi) is 14.4. The van der Waals surface area contributed by atoms with Crippen LogP contribution in [-0.4, -0.2) is 73.0 Å². The molecule has 35 heavy (non-hydrogen) atoms. The predicted octanol–water partition coefficient (Wildman–Crippen LogP) is 3.05. The first-order valence-electron chi connectivity index (χ1n) is 11.7. The molecule has 1 rings (SSSR count). The number of carbonyl (C=O) groups excluding carboxylic acids is 3. The summed E-state index contributed by atoms with van der Waals surface area (Å²) in [5, 5.41) is 0. The predicted molar refractivity (Wildman–Crippen MR) is 128 cm³/mol. The van der Waals surface area contributed by atoms with Gasteiger partial charge in [0.05, 0.1) is 27.1 Å². The summed E-state index contributed by atoms with van der Waals surface area (Å²) in [6, 6.07) is 9.45. The lowest BCUT2D eigenvalue weighted by Gasteiger charge is -2.31. The zero-order valence-corrected chi connectivity index (χ0v) is 22.3. The zero-order chi connectivity index (χ0) is 26.2. The van der Waals surface area contributed by atoms with E-state index in [9.17, 15) is 14.4 Å². The second-order valence-corrected chi connectivity index (χ2v) is 10.2. The SMILES string of the molecule is CCO[Si](CCCOC(CC(=O)OC)(CC(=O)OC)C(=O)OCc1ccccc1)(OCC)OCC. The Bertz CT molecular complexity index is 736. The quantitative estimate of drug-likeness (QED) is 0.125. The molecule has 10 nitrogen and oxygen atoms in total. The van der Waals surface area contributed by atoms with Crippen molar-refractivity contribution >= 4 is 26.7 Å². The number of carbonyl (C=O) groups is 3. The van der Waals surface area contributed by atoms with Crippen molar-refractivity contribution in [3.8, 4) is 0 Å². The average Bonchev–Trinajstić information content (AvgIpc) is 2.86. The molecule has 11 heteroatoms. The summed E-state index contributed by atoms with van der Waals surface area (Å²) in [5.74, 6) is -2.32. The minimum Gasteiger partial charge on any atom is -0.469 e. The van der Waals surface area contributed by atoms with Gasteiger partial charge in [-0.1, -0.05) is 30.3 Å². The molecule has 0 aliphatic carbocycles. The van der Waals surface area contributed by atoms with Crippen LogP contribution in [0, 0.1) is 0 Å². The van der Waals surface area contributed by atoms with E-state index >= 15 is 0 Å². The van der Waals surface area contributed by atoms with Crippen molar-refractivity contribution in [3.63, 3.8) is 0 Å². The van der Waals surface area contributed by atoms with Crippen molar-refractivity contribution in [2.75, 3.05) is 40.6 Å². The molecule has 0 bridgehead atoms. The van der Waals surface area contributed by atoms with Crippen LogP contribution in [0.25, 0.3) is 0 Å². The van der Waals surface area contributed by atoms with Gasteiger partial charge in [0.25, 0.3) is 0 Å². The number of methoxy groups -OCH3 is 2. The molecule has 0 aromatic heterocycles. The normalized spacial score (nSPS) is 11.7. The Morgan fingerprint density at radius 3 is 1.80 bits per heavy atom. The summed E-state index contributed by atoms with van der Waals surface area (Å²) in [7, 11) is -0.561. The van der Waals surface area contributed by atoms with E-state index in [1.54, 1.807) is 24.3 Å². The van der Waals surface area contributed by atoms with Crippen LogP contribution in [0.5, 0.6) is 0 Å². The van der Waals surface area contributed by atoms with Crippen LogP contribution in [-0.2, 0) is 53.2 Å². The van der Waals surface area contributed by atoms with Crippen molar-refractivity contribution < 1.29 is 46.6 Å². The van der Waals surface area contributed by atoms with Crippen LogP contribution in [0.3, 0.4) is 0 Å². The van der Waals surface area contributed by atoms with Crippen molar-refractivity contribution in [2.45, 2.75) is 58.3 Å². The van der Waals surface area contributed by atoms with Gasteiger partial charge in [0.15, 0.2) is 5.60 Å². The van der Waals surface area contributed by atoms with Gasteiger partial charge >= 0.3 is 26.7 Å². The maximum Gasteiger partial charge on any atom is 0.501 e. The Morgan fingerprint density at radius 2 is 1.34 bits per heavy atom. The lowest BCUT2D eigenvalue weighted by atomic mass is 9.95. The van der Waals surface area contributed by atoms with Gasteiger partial charge in [-0.3, -0.25) is 9.59 Å². The lowest BCUT2D eigenvalue weighted by molar-refractivity contribution is -0.185. The molecule has 198 valence electrons. The number of hydrogen-bond acceptors (Lipinski definition) is 10. The van der Waals surface area contributed by atoms with E-state index in [4.69, 9.17) is 32.2 Å². The van der Waals surface area contributed by atoms with E-state index in [1.807, 2.05) is 26.8 Å². The third-order valence-corrected chi connectivity index (χ3v) is 8.15. The van der Waals surface area contributed by atoms with E-state index in [0.717, 1.165) is 5.56 Å². The molecule has 0 N–H and O–H groups in total. The van der Waals surface area contributed by atoms with E-state index in [2.05, 4.69) is 0 Å². The first-order valence-corrected chi connectivity index (χ1v) is 13.6. The largest absolute Gasteiger partial charge is 0.501 e. The summed E-state index contributed by atoms with van der Waals surface area (Å²) >= 11 is 0. The van der Waals surface area contributed by atoms with Crippen LogP contribution < -0.4 is 0 Å². The standard InChI is InChI=1S/C24H38O10Si/c1-6-32-35(33-7-2,34-8-3)16-12-15-31-24(17-21(25)28-4,18-22(26)29-5)23(27)30-19-20-13-10-9-11-14-20/h9-11,13-14H,6-8,12,15-19H2,1-5H3. The van der Waals surface area contributed by atoms with Crippen LogP contribution in [0.2, 0.25) is 6.04 Å². The van der Waals surface area contributed by atoms with Gasteiger partial charge < -0.3 is 32.2 Å². The highest BCUT2D eigenvalue weighted by Gasteiger charge is 2.47. The second kappa shape index (κ2) is 16.4. The van der Waals surface area contributed by atoms with Gasteiger partial charge in [0.2, 0.25) is 0 Å².